The van der Waals surface area contributed by atoms with Crippen LogP contribution in [0.25, 0.3) is 11.1 Å². The fraction of sp³-hybridized carbons (Fsp3) is 0.133. The summed E-state index contributed by atoms with van der Waals surface area (Å²) in [6.45, 7) is 0. The average Bonchev–Trinajstić information content (AvgIpc) is 2.39. The van der Waals surface area contributed by atoms with Gasteiger partial charge in [-0.2, -0.15) is 0 Å². The summed E-state index contributed by atoms with van der Waals surface area (Å²) >= 11 is 0. The summed E-state index contributed by atoms with van der Waals surface area (Å²) in [6, 6.07) is 11.2. The van der Waals surface area contributed by atoms with Gasteiger partial charge in [0.15, 0.2) is 0 Å². The summed E-state index contributed by atoms with van der Waals surface area (Å²) in [7, 11) is 1.53. The molecule has 3 nitrogen and oxygen atoms in total. The largest absolute Gasteiger partial charge is 0.497 e. The number of rotatable bonds is 4. The number of benzene rings is 2. The number of hydrogen-bond acceptors (Lipinski definition) is 2. The van der Waals surface area contributed by atoms with E-state index in [1.807, 2.05) is 0 Å². The van der Waals surface area contributed by atoms with Gasteiger partial charge < -0.3 is 9.84 Å². The minimum Gasteiger partial charge on any atom is -0.497 e. The van der Waals surface area contributed by atoms with E-state index < -0.39 is 5.97 Å². The number of carbonyl (C=O) groups is 1. The molecule has 0 fully saturated rings. The predicted molar refractivity (Wildman–Crippen MR) is 69.7 cm³/mol. The van der Waals surface area contributed by atoms with Crippen molar-refractivity contribution in [3.63, 3.8) is 0 Å². The van der Waals surface area contributed by atoms with Crippen LogP contribution in [0.4, 0.5) is 4.39 Å². The first-order chi connectivity index (χ1) is 9.10. The van der Waals surface area contributed by atoms with Crippen LogP contribution in [-0.2, 0) is 11.2 Å². The van der Waals surface area contributed by atoms with Crippen molar-refractivity contribution in [2.24, 2.45) is 0 Å². The molecule has 2 rings (SSSR count). The highest BCUT2D eigenvalue weighted by Crippen LogP contribution is 2.28. The minimum atomic E-state index is -0.920. The van der Waals surface area contributed by atoms with Crippen LogP contribution in [0, 0.1) is 5.82 Å². The van der Waals surface area contributed by atoms with Gasteiger partial charge in [-0.3, -0.25) is 4.79 Å². The van der Waals surface area contributed by atoms with Crippen LogP contribution in [-0.4, -0.2) is 18.2 Å². The third-order valence-electron chi connectivity index (χ3n) is 2.81. The highest BCUT2D eigenvalue weighted by molar-refractivity contribution is 5.77. The van der Waals surface area contributed by atoms with Crippen molar-refractivity contribution >= 4 is 5.97 Å². The maximum absolute atomic E-state index is 12.9. The Morgan fingerprint density at radius 1 is 1.21 bits per heavy atom. The summed E-state index contributed by atoms with van der Waals surface area (Å²) < 4.78 is 18.0. The molecule has 98 valence electrons. The van der Waals surface area contributed by atoms with E-state index in [1.54, 1.807) is 30.3 Å². The molecule has 4 heteroatoms. The van der Waals surface area contributed by atoms with Crippen LogP contribution < -0.4 is 4.74 Å². The Kier molecular flexibility index (Phi) is 3.80. The zero-order chi connectivity index (χ0) is 13.8. The van der Waals surface area contributed by atoms with Crippen LogP contribution in [0.1, 0.15) is 5.56 Å². The Bertz CT molecular complexity index is 591. The van der Waals surface area contributed by atoms with E-state index in [-0.39, 0.29) is 12.2 Å². The van der Waals surface area contributed by atoms with Gasteiger partial charge in [0.1, 0.15) is 11.6 Å². The summed E-state index contributed by atoms with van der Waals surface area (Å²) in [4.78, 5) is 10.9. The second-order valence-corrected chi connectivity index (χ2v) is 4.10. The van der Waals surface area contributed by atoms with Crippen molar-refractivity contribution in [2.75, 3.05) is 7.11 Å². The summed E-state index contributed by atoms with van der Waals surface area (Å²) in [6.07, 6.45) is -0.107. The maximum Gasteiger partial charge on any atom is 0.307 e. The molecule has 2 aromatic rings. The molecule has 0 aliphatic rings. The lowest BCUT2D eigenvalue weighted by atomic mass is 9.97. The molecule has 0 amide bonds. The maximum atomic E-state index is 12.9. The van der Waals surface area contributed by atoms with E-state index in [1.165, 1.54) is 19.2 Å². The van der Waals surface area contributed by atoms with Gasteiger partial charge in [-0.05, 0) is 41.0 Å². The van der Waals surface area contributed by atoms with Crippen molar-refractivity contribution in [2.45, 2.75) is 6.42 Å². The van der Waals surface area contributed by atoms with Gasteiger partial charge in [-0.15, -0.1) is 0 Å². The first-order valence-corrected chi connectivity index (χ1v) is 5.75. The van der Waals surface area contributed by atoms with Crippen LogP contribution in [0.5, 0.6) is 5.75 Å². The molecule has 0 spiro atoms. The molecular formula is C15H13FO3. The second-order valence-electron chi connectivity index (χ2n) is 4.10. The fourth-order valence-electron chi connectivity index (χ4n) is 1.92. The first kappa shape index (κ1) is 13.1. The molecule has 0 heterocycles. The number of carboxylic acid groups (broad SMARTS) is 1. The molecule has 0 unspecified atom stereocenters. The van der Waals surface area contributed by atoms with Crippen molar-refractivity contribution in [3.05, 3.63) is 53.8 Å². The number of halogens is 1. The summed E-state index contributed by atoms with van der Waals surface area (Å²) in [5, 5.41) is 8.95. The van der Waals surface area contributed by atoms with E-state index in [9.17, 15) is 9.18 Å². The lowest BCUT2D eigenvalue weighted by Gasteiger charge is -2.10. The number of ether oxygens (including phenoxy) is 1. The van der Waals surface area contributed by atoms with Crippen molar-refractivity contribution in [3.8, 4) is 16.9 Å². The number of methoxy groups -OCH3 is 1. The van der Waals surface area contributed by atoms with E-state index in [0.29, 0.717) is 11.3 Å². The van der Waals surface area contributed by atoms with Crippen LogP contribution in [0.15, 0.2) is 42.5 Å². The van der Waals surface area contributed by atoms with Gasteiger partial charge in [0.25, 0.3) is 0 Å². The molecule has 2 aromatic carbocycles. The summed E-state index contributed by atoms with van der Waals surface area (Å²) in [5.41, 5.74) is 2.18. The monoisotopic (exact) mass is 260 g/mol. The Hall–Kier alpha value is -2.36. The Morgan fingerprint density at radius 2 is 1.89 bits per heavy atom. The number of aliphatic carboxylic acids is 1. The van der Waals surface area contributed by atoms with Crippen molar-refractivity contribution < 1.29 is 19.0 Å². The molecule has 0 aliphatic carbocycles. The van der Waals surface area contributed by atoms with Crippen LogP contribution in [0.3, 0.4) is 0 Å². The van der Waals surface area contributed by atoms with Gasteiger partial charge in [-0.25, -0.2) is 4.39 Å². The molecule has 1 N–H and O–H groups in total. The lowest BCUT2D eigenvalue weighted by molar-refractivity contribution is -0.136. The molecular weight excluding hydrogens is 247 g/mol. The average molecular weight is 260 g/mol. The van der Waals surface area contributed by atoms with E-state index in [4.69, 9.17) is 9.84 Å². The molecule has 0 atom stereocenters. The molecule has 0 aromatic heterocycles. The molecule has 0 saturated carbocycles. The number of carboxylic acids is 1. The minimum absolute atomic E-state index is 0.107. The van der Waals surface area contributed by atoms with Gasteiger partial charge in [0, 0.05) is 0 Å². The third kappa shape index (κ3) is 3.10. The quantitative estimate of drug-likeness (QED) is 0.918. The van der Waals surface area contributed by atoms with Gasteiger partial charge >= 0.3 is 5.97 Å². The Morgan fingerprint density at radius 3 is 2.47 bits per heavy atom. The van der Waals surface area contributed by atoms with Crippen LogP contribution >= 0.6 is 0 Å². The summed E-state index contributed by atoms with van der Waals surface area (Å²) in [5.74, 6) is -0.643. The molecule has 0 bridgehead atoms. The molecule has 0 radical (unpaired) electrons. The highest BCUT2D eigenvalue weighted by atomic mass is 19.1. The predicted octanol–water partition coefficient (Wildman–Crippen LogP) is 3.13. The van der Waals surface area contributed by atoms with E-state index >= 15 is 0 Å². The van der Waals surface area contributed by atoms with Crippen molar-refractivity contribution in [1.82, 2.24) is 0 Å². The zero-order valence-electron chi connectivity index (χ0n) is 10.4. The normalized spacial score (nSPS) is 10.2. The SMILES string of the molecule is COc1ccc(-c2ccc(F)cc2)c(CC(=O)O)c1. The van der Waals surface area contributed by atoms with Gasteiger partial charge in [-0.1, -0.05) is 18.2 Å². The zero-order valence-corrected chi connectivity index (χ0v) is 10.4. The fourth-order valence-corrected chi connectivity index (χ4v) is 1.92. The molecule has 19 heavy (non-hydrogen) atoms. The topological polar surface area (TPSA) is 46.5 Å². The van der Waals surface area contributed by atoms with Gasteiger partial charge in [0.05, 0.1) is 13.5 Å². The second kappa shape index (κ2) is 5.52. The standard InChI is InChI=1S/C15H13FO3/c1-19-13-6-7-14(11(8-13)9-15(17)18)10-2-4-12(16)5-3-10/h2-8H,9H2,1H3,(H,17,18). The first-order valence-electron chi connectivity index (χ1n) is 5.75. The lowest BCUT2D eigenvalue weighted by Crippen LogP contribution is -2.02. The van der Waals surface area contributed by atoms with Crippen LogP contribution in [0.2, 0.25) is 0 Å². The number of hydrogen-bond donors (Lipinski definition) is 1. The molecule has 0 aliphatic heterocycles. The third-order valence-corrected chi connectivity index (χ3v) is 2.81. The van der Waals surface area contributed by atoms with E-state index in [2.05, 4.69) is 0 Å². The Labute approximate surface area is 110 Å². The highest BCUT2D eigenvalue weighted by Gasteiger charge is 2.10. The smallest absolute Gasteiger partial charge is 0.307 e. The molecule has 0 saturated heterocycles. The van der Waals surface area contributed by atoms with Gasteiger partial charge in [0.2, 0.25) is 0 Å². The Balaban J connectivity index is 2.48. The van der Waals surface area contributed by atoms with Crippen molar-refractivity contribution in [1.29, 1.82) is 0 Å². The van der Waals surface area contributed by atoms with E-state index in [0.717, 1.165) is 11.1 Å².